The highest BCUT2D eigenvalue weighted by Gasteiger charge is 2.34. The summed E-state index contributed by atoms with van der Waals surface area (Å²) in [6.45, 7) is 1.68. The molecule has 1 aromatic carbocycles. The molecule has 1 amide bonds. The molecule has 0 heterocycles. The van der Waals surface area contributed by atoms with Crippen LogP contribution in [0.3, 0.4) is 0 Å². The second-order valence-corrected chi connectivity index (χ2v) is 4.37. The van der Waals surface area contributed by atoms with Crippen molar-refractivity contribution in [2.75, 3.05) is 5.32 Å². The number of alkyl halides is 3. The Morgan fingerprint density at radius 1 is 1.42 bits per heavy atom. The van der Waals surface area contributed by atoms with Crippen LogP contribution in [0.1, 0.15) is 18.9 Å². The van der Waals surface area contributed by atoms with Crippen molar-refractivity contribution < 1.29 is 18.0 Å². The fourth-order valence-corrected chi connectivity index (χ4v) is 1.85. The molecular weight excluding hydrogens is 277 g/mol. The zero-order chi connectivity index (χ0) is 14.6. The first-order valence-corrected chi connectivity index (χ1v) is 5.94. The molecule has 3 nitrogen and oxygen atoms in total. The number of rotatable bonds is 4. The van der Waals surface area contributed by atoms with Gasteiger partial charge in [-0.05, 0) is 18.6 Å². The number of carbonyl (C=O) groups excluding carboxylic acids is 1. The number of carbonyl (C=O) groups is 1. The SMILES string of the molecule is CCC(C(=O)Nc1ccccc1C(F)(F)F)C(N)=S. The van der Waals surface area contributed by atoms with E-state index in [-0.39, 0.29) is 10.7 Å². The first kappa shape index (κ1) is 15.4. The Hall–Kier alpha value is -1.63. The molecule has 0 fully saturated rings. The molecular formula is C12H13F3N2OS. The molecule has 19 heavy (non-hydrogen) atoms. The van der Waals surface area contributed by atoms with Gasteiger partial charge in [0, 0.05) is 0 Å². The number of nitrogens with one attached hydrogen (secondary N) is 1. The molecule has 0 aliphatic rings. The zero-order valence-electron chi connectivity index (χ0n) is 10.1. The van der Waals surface area contributed by atoms with E-state index >= 15 is 0 Å². The normalized spacial score (nSPS) is 12.8. The van der Waals surface area contributed by atoms with Crippen LogP contribution >= 0.6 is 12.2 Å². The number of hydrogen-bond donors (Lipinski definition) is 2. The quantitative estimate of drug-likeness (QED) is 0.838. The van der Waals surface area contributed by atoms with Gasteiger partial charge in [-0.3, -0.25) is 4.79 Å². The van der Waals surface area contributed by atoms with E-state index in [2.05, 4.69) is 5.32 Å². The van der Waals surface area contributed by atoms with Crippen LogP contribution in [0.4, 0.5) is 18.9 Å². The topological polar surface area (TPSA) is 55.1 Å². The Morgan fingerprint density at radius 2 is 2.00 bits per heavy atom. The molecule has 1 rings (SSSR count). The van der Waals surface area contributed by atoms with Crippen molar-refractivity contribution in [2.24, 2.45) is 11.7 Å². The predicted octanol–water partition coefficient (Wildman–Crippen LogP) is 2.96. The number of nitrogens with two attached hydrogens (primary N) is 1. The largest absolute Gasteiger partial charge is 0.418 e. The minimum absolute atomic E-state index is 0.0375. The number of para-hydroxylation sites is 1. The lowest BCUT2D eigenvalue weighted by Crippen LogP contribution is -2.33. The maximum Gasteiger partial charge on any atom is 0.418 e. The van der Waals surface area contributed by atoms with Crippen LogP contribution in [-0.4, -0.2) is 10.9 Å². The summed E-state index contributed by atoms with van der Waals surface area (Å²) < 4.78 is 38.2. The molecule has 0 saturated carbocycles. The summed E-state index contributed by atoms with van der Waals surface area (Å²) >= 11 is 4.71. The third-order valence-electron chi connectivity index (χ3n) is 2.56. The molecule has 0 aliphatic carbocycles. The van der Waals surface area contributed by atoms with Crippen molar-refractivity contribution in [1.29, 1.82) is 0 Å². The third-order valence-corrected chi connectivity index (χ3v) is 2.84. The molecule has 3 N–H and O–H groups in total. The highest BCUT2D eigenvalue weighted by Crippen LogP contribution is 2.34. The molecule has 0 aliphatic heterocycles. The monoisotopic (exact) mass is 290 g/mol. The standard InChI is InChI=1S/C12H13F3N2OS/c1-2-7(10(16)19)11(18)17-9-6-4-3-5-8(9)12(13,14)15/h3-7H,2H2,1H3,(H2,16,19)(H,17,18). The van der Waals surface area contributed by atoms with Crippen LogP contribution < -0.4 is 11.1 Å². The molecule has 0 spiro atoms. The molecule has 1 unspecified atom stereocenters. The lowest BCUT2D eigenvalue weighted by atomic mass is 10.1. The van der Waals surface area contributed by atoms with Gasteiger partial charge in [0.05, 0.1) is 22.2 Å². The summed E-state index contributed by atoms with van der Waals surface area (Å²) in [7, 11) is 0. The average molecular weight is 290 g/mol. The van der Waals surface area contributed by atoms with Crippen LogP contribution in [-0.2, 0) is 11.0 Å². The zero-order valence-corrected chi connectivity index (χ0v) is 10.9. The van der Waals surface area contributed by atoms with E-state index in [1.165, 1.54) is 18.2 Å². The fourth-order valence-electron chi connectivity index (χ4n) is 1.57. The number of anilines is 1. The Morgan fingerprint density at radius 3 is 2.47 bits per heavy atom. The molecule has 1 aromatic rings. The highest BCUT2D eigenvalue weighted by molar-refractivity contribution is 7.80. The van der Waals surface area contributed by atoms with Gasteiger partial charge in [-0.2, -0.15) is 13.2 Å². The van der Waals surface area contributed by atoms with E-state index in [1.807, 2.05) is 0 Å². The van der Waals surface area contributed by atoms with E-state index in [1.54, 1.807) is 6.92 Å². The van der Waals surface area contributed by atoms with Crippen LogP contribution in [0, 0.1) is 5.92 Å². The van der Waals surface area contributed by atoms with E-state index in [9.17, 15) is 18.0 Å². The Bertz CT molecular complexity index is 488. The molecule has 1 atom stereocenters. The smallest absolute Gasteiger partial charge is 0.393 e. The Kier molecular flexibility index (Phi) is 4.88. The Balaban J connectivity index is 3.00. The lowest BCUT2D eigenvalue weighted by Gasteiger charge is -2.17. The van der Waals surface area contributed by atoms with E-state index in [0.29, 0.717) is 6.42 Å². The first-order valence-electron chi connectivity index (χ1n) is 5.53. The molecule has 7 heteroatoms. The van der Waals surface area contributed by atoms with Crippen LogP contribution in [0.25, 0.3) is 0 Å². The van der Waals surface area contributed by atoms with Crippen LogP contribution in [0.15, 0.2) is 24.3 Å². The number of amides is 1. The summed E-state index contributed by atoms with van der Waals surface area (Å²) in [6, 6.07) is 4.75. The van der Waals surface area contributed by atoms with Gasteiger partial charge >= 0.3 is 6.18 Å². The van der Waals surface area contributed by atoms with Gasteiger partial charge in [0.1, 0.15) is 0 Å². The summed E-state index contributed by atoms with van der Waals surface area (Å²) in [4.78, 5) is 11.8. The fraction of sp³-hybridized carbons (Fsp3) is 0.333. The van der Waals surface area contributed by atoms with E-state index < -0.39 is 23.6 Å². The van der Waals surface area contributed by atoms with Gasteiger partial charge in [0.25, 0.3) is 0 Å². The van der Waals surface area contributed by atoms with Gasteiger partial charge in [0.15, 0.2) is 0 Å². The van der Waals surface area contributed by atoms with Crippen molar-refractivity contribution in [3.05, 3.63) is 29.8 Å². The number of hydrogen-bond acceptors (Lipinski definition) is 2. The summed E-state index contributed by atoms with van der Waals surface area (Å²) in [5, 5.41) is 2.22. The van der Waals surface area contributed by atoms with Gasteiger partial charge in [0.2, 0.25) is 5.91 Å². The van der Waals surface area contributed by atoms with Gasteiger partial charge in [-0.15, -0.1) is 0 Å². The molecule has 0 saturated heterocycles. The average Bonchev–Trinajstić information content (AvgIpc) is 2.28. The van der Waals surface area contributed by atoms with Crippen molar-refractivity contribution in [1.82, 2.24) is 0 Å². The van der Waals surface area contributed by atoms with E-state index in [0.717, 1.165) is 6.07 Å². The first-order chi connectivity index (χ1) is 8.77. The number of benzene rings is 1. The summed E-state index contributed by atoms with van der Waals surface area (Å²) in [6.07, 6.45) is -4.20. The maximum absolute atomic E-state index is 12.7. The van der Waals surface area contributed by atoms with Gasteiger partial charge in [-0.25, -0.2) is 0 Å². The molecule has 104 valence electrons. The minimum Gasteiger partial charge on any atom is -0.393 e. The maximum atomic E-state index is 12.7. The Labute approximate surface area is 114 Å². The van der Waals surface area contributed by atoms with Crippen LogP contribution in [0.5, 0.6) is 0 Å². The van der Waals surface area contributed by atoms with E-state index in [4.69, 9.17) is 18.0 Å². The van der Waals surface area contributed by atoms with Crippen LogP contribution in [0.2, 0.25) is 0 Å². The minimum atomic E-state index is -4.53. The second kappa shape index (κ2) is 6.01. The lowest BCUT2D eigenvalue weighted by molar-refractivity contribution is -0.137. The molecule has 0 radical (unpaired) electrons. The van der Waals surface area contributed by atoms with Gasteiger partial charge < -0.3 is 11.1 Å². The summed E-state index contributed by atoms with van der Waals surface area (Å²) in [5.41, 5.74) is 4.18. The van der Waals surface area contributed by atoms with Crippen molar-refractivity contribution in [3.63, 3.8) is 0 Å². The molecule has 0 aromatic heterocycles. The molecule has 0 bridgehead atoms. The highest BCUT2D eigenvalue weighted by atomic mass is 32.1. The number of thiocarbonyl (C=S) groups is 1. The third kappa shape index (κ3) is 3.92. The van der Waals surface area contributed by atoms with Crippen molar-refractivity contribution >= 4 is 28.8 Å². The van der Waals surface area contributed by atoms with Crippen molar-refractivity contribution in [3.8, 4) is 0 Å². The van der Waals surface area contributed by atoms with Crippen molar-refractivity contribution in [2.45, 2.75) is 19.5 Å². The number of halogens is 3. The second-order valence-electron chi connectivity index (χ2n) is 3.90. The predicted molar refractivity (Wildman–Crippen MR) is 70.6 cm³/mol. The van der Waals surface area contributed by atoms with Gasteiger partial charge in [-0.1, -0.05) is 31.3 Å². The summed E-state index contributed by atoms with van der Waals surface area (Å²) in [5.74, 6) is -1.41.